The zero-order valence-corrected chi connectivity index (χ0v) is 14.5. The topological polar surface area (TPSA) is 68.7 Å². The van der Waals surface area contributed by atoms with Crippen LogP contribution in [0.2, 0.25) is 0 Å². The van der Waals surface area contributed by atoms with Crippen molar-refractivity contribution in [3.05, 3.63) is 16.1 Å². The largest absolute Gasteiger partial charge is 0.372 e. The highest BCUT2D eigenvalue weighted by molar-refractivity contribution is 7.88. The van der Waals surface area contributed by atoms with Gasteiger partial charge in [0.25, 0.3) is 0 Å². The average Bonchev–Trinajstić information content (AvgIpc) is 3.04. The molecule has 3 heterocycles. The molecule has 2 fully saturated rings. The highest BCUT2D eigenvalue weighted by Crippen LogP contribution is 2.33. The van der Waals surface area contributed by atoms with Crippen molar-refractivity contribution in [2.45, 2.75) is 51.0 Å². The molecule has 6 nitrogen and oxygen atoms in total. The number of thiazole rings is 1. The molecule has 2 unspecified atom stereocenters. The van der Waals surface area contributed by atoms with Gasteiger partial charge in [-0.25, -0.2) is 13.4 Å². The van der Waals surface area contributed by atoms with Gasteiger partial charge in [0.15, 0.2) is 0 Å². The van der Waals surface area contributed by atoms with Crippen molar-refractivity contribution in [1.29, 1.82) is 0 Å². The summed E-state index contributed by atoms with van der Waals surface area (Å²) in [6.45, 7) is 3.60. The number of fused-ring (bicyclic) bond motifs is 1. The Morgan fingerprint density at radius 3 is 2.95 bits per heavy atom. The third kappa shape index (κ3) is 3.68. The highest BCUT2D eigenvalue weighted by atomic mass is 32.2. The predicted molar refractivity (Wildman–Crippen MR) is 84.4 cm³/mol. The zero-order chi connectivity index (χ0) is 15.7. The maximum atomic E-state index is 11.7. The lowest BCUT2D eigenvalue weighted by atomic mass is 10.0. The molecule has 1 aromatic rings. The first-order chi connectivity index (χ1) is 10.4. The summed E-state index contributed by atoms with van der Waals surface area (Å²) < 4.78 is 36.8. The molecule has 3 rings (SSSR count). The molecular weight excluding hydrogens is 324 g/mol. The van der Waals surface area contributed by atoms with E-state index in [2.05, 4.69) is 4.98 Å². The maximum Gasteiger partial charge on any atom is 0.211 e. The number of aryl methyl sites for hydroxylation is 1. The van der Waals surface area contributed by atoms with Crippen molar-refractivity contribution in [2.75, 3.05) is 19.4 Å². The van der Waals surface area contributed by atoms with Crippen LogP contribution in [0.25, 0.3) is 0 Å². The second-order valence-electron chi connectivity index (χ2n) is 5.98. The fourth-order valence-corrected chi connectivity index (χ4v) is 5.03. The van der Waals surface area contributed by atoms with Gasteiger partial charge in [0.05, 0.1) is 48.4 Å². The van der Waals surface area contributed by atoms with E-state index in [1.807, 2.05) is 12.3 Å². The third-order valence-electron chi connectivity index (χ3n) is 4.23. The minimum atomic E-state index is -3.13. The maximum absolute atomic E-state index is 11.7. The molecule has 2 aliphatic heterocycles. The lowest BCUT2D eigenvalue weighted by Crippen LogP contribution is -2.45. The highest BCUT2D eigenvalue weighted by Gasteiger charge is 2.43. The summed E-state index contributed by atoms with van der Waals surface area (Å²) in [5.74, 6) is 0. The van der Waals surface area contributed by atoms with Crippen molar-refractivity contribution in [3.8, 4) is 0 Å². The molecule has 0 aromatic carbocycles. The summed E-state index contributed by atoms with van der Waals surface area (Å²) in [4.78, 5) is 4.36. The molecule has 0 aliphatic carbocycles. The Labute approximate surface area is 135 Å². The van der Waals surface area contributed by atoms with Crippen LogP contribution in [0.4, 0.5) is 0 Å². The molecule has 2 saturated heterocycles. The number of nitrogens with zero attached hydrogens (tertiary/aromatic N) is 2. The lowest BCUT2D eigenvalue weighted by Gasteiger charge is -2.35. The summed E-state index contributed by atoms with van der Waals surface area (Å²) >= 11 is 1.62. The summed E-state index contributed by atoms with van der Waals surface area (Å²) in [5, 5.41) is 3.05. The molecule has 0 radical (unpaired) electrons. The number of hydrogen-bond acceptors (Lipinski definition) is 6. The van der Waals surface area contributed by atoms with Crippen LogP contribution in [0.15, 0.2) is 5.38 Å². The summed E-state index contributed by atoms with van der Waals surface area (Å²) in [6.07, 6.45) is 3.81. The molecule has 0 amide bonds. The summed E-state index contributed by atoms with van der Waals surface area (Å²) in [7, 11) is -3.13. The van der Waals surface area contributed by atoms with Crippen LogP contribution in [0, 0.1) is 6.92 Å². The van der Waals surface area contributed by atoms with Crippen molar-refractivity contribution in [2.24, 2.45) is 0 Å². The van der Waals surface area contributed by atoms with E-state index >= 15 is 0 Å². The van der Waals surface area contributed by atoms with Gasteiger partial charge in [0, 0.05) is 11.9 Å². The number of rotatable bonds is 5. The van der Waals surface area contributed by atoms with E-state index in [-0.39, 0.29) is 18.2 Å². The van der Waals surface area contributed by atoms with Crippen LogP contribution in [0.3, 0.4) is 0 Å². The Morgan fingerprint density at radius 2 is 2.27 bits per heavy atom. The first-order valence-corrected chi connectivity index (χ1v) is 10.3. The molecule has 3 atom stereocenters. The minimum absolute atomic E-state index is 0.00689. The Bertz CT molecular complexity index is 616. The van der Waals surface area contributed by atoms with Gasteiger partial charge in [-0.3, -0.25) is 0 Å². The van der Waals surface area contributed by atoms with Crippen molar-refractivity contribution in [1.82, 2.24) is 9.29 Å². The number of aromatic nitrogens is 1. The van der Waals surface area contributed by atoms with Crippen molar-refractivity contribution in [3.63, 3.8) is 0 Å². The predicted octanol–water partition coefficient (Wildman–Crippen LogP) is 1.55. The van der Waals surface area contributed by atoms with Gasteiger partial charge in [-0.2, -0.15) is 4.31 Å². The molecule has 0 spiro atoms. The van der Waals surface area contributed by atoms with E-state index in [0.29, 0.717) is 19.8 Å². The lowest BCUT2D eigenvalue weighted by molar-refractivity contribution is -0.0963. The van der Waals surface area contributed by atoms with Crippen LogP contribution in [0.5, 0.6) is 0 Å². The first kappa shape index (κ1) is 16.3. The van der Waals surface area contributed by atoms with E-state index in [9.17, 15) is 8.42 Å². The normalized spacial score (nSPS) is 29.6. The number of ether oxygens (including phenoxy) is 2. The van der Waals surface area contributed by atoms with Crippen LogP contribution < -0.4 is 0 Å². The van der Waals surface area contributed by atoms with Gasteiger partial charge in [-0.05, 0) is 26.2 Å². The SMILES string of the molecule is Cc1nc(COC[C@@H]2CCC3C(CCN3S(C)(=O)=O)O2)cs1. The van der Waals surface area contributed by atoms with Gasteiger partial charge < -0.3 is 9.47 Å². The van der Waals surface area contributed by atoms with Crippen molar-refractivity contribution >= 4 is 21.4 Å². The summed E-state index contributed by atoms with van der Waals surface area (Å²) in [5.41, 5.74) is 0.959. The molecule has 0 bridgehead atoms. The van der Waals surface area contributed by atoms with Gasteiger partial charge in [-0.1, -0.05) is 0 Å². The fourth-order valence-electron chi connectivity index (χ4n) is 3.26. The molecule has 0 saturated carbocycles. The molecule has 8 heteroatoms. The third-order valence-corrected chi connectivity index (χ3v) is 6.36. The quantitative estimate of drug-likeness (QED) is 0.809. The summed E-state index contributed by atoms with van der Waals surface area (Å²) in [6, 6.07) is 0.00689. The van der Waals surface area contributed by atoms with E-state index < -0.39 is 10.0 Å². The molecular formula is C14H22N2O4S2. The van der Waals surface area contributed by atoms with E-state index in [1.165, 1.54) is 6.26 Å². The van der Waals surface area contributed by atoms with Gasteiger partial charge >= 0.3 is 0 Å². The zero-order valence-electron chi connectivity index (χ0n) is 12.9. The van der Waals surface area contributed by atoms with Gasteiger partial charge in [-0.15, -0.1) is 11.3 Å². The number of hydrogen-bond donors (Lipinski definition) is 0. The first-order valence-electron chi connectivity index (χ1n) is 7.54. The van der Waals surface area contributed by atoms with Gasteiger partial charge in [0.2, 0.25) is 10.0 Å². The smallest absolute Gasteiger partial charge is 0.211 e. The average molecular weight is 346 g/mol. The second kappa shape index (κ2) is 6.52. The van der Waals surface area contributed by atoms with Crippen molar-refractivity contribution < 1.29 is 17.9 Å². The Kier molecular flexibility index (Phi) is 4.84. The van der Waals surface area contributed by atoms with Crippen LogP contribution in [-0.2, 0) is 26.1 Å². The molecule has 0 N–H and O–H groups in total. The Morgan fingerprint density at radius 1 is 1.45 bits per heavy atom. The van der Waals surface area contributed by atoms with Crippen LogP contribution in [-0.4, -0.2) is 55.4 Å². The second-order valence-corrected chi connectivity index (χ2v) is 8.97. The monoisotopic (exact) mass is 346 g/mol. The number of sulfonamides is 1. The van der Waals surface area contributed by atoms with Gasteiger partial charge in [0.1, 0.15) is 0 Å². The van der Waals surface area contributed by atoms with E-state index in [1.54, 1.807) is 15.6 Å². The van der Waals surface area contributed by atoms with Crippen LogP contribution >= 0.6 is 11.3 Å². The molecule has 2 aliphatic rings. The minimum Gasteiger partial charge on any atom is -0.372 e. The fraction of sp³-hybridized carbons (Fsp3) is 0.786. The van der Waals surface area contributed by atoms with E-state index in [4.69, 9.17) is 9.47 Å². The van der Waals surface area contributed by atoms with Crippen LogP contribution in [0.1, 0.15) is 30.0 Å². The van der Waals surface area contributed by atoms with E-state index in [0.717, 1.165) is 30.0 Å². The Balaban J connectivity index is 1.47. The molecule has 124 valence electrons. The molecule has 22 heavy (non-hydrogen) atoms. The standard InChI is InChI=1S/C14H22N2O4S2/c1-10-15-11(9-21-10)7-19-8-12-3-4-13-14(20-12)5-6-16(13)22(2,17)18/h9,12-14H,3-8H2,1-2H3/t12-,13?,14?/m0/s1. The molecule has 1 aromatic heterocycles. The Hall–Kier alpha value is -0.540.